The van der Waals surface area contributed by atoms with Crippen LogP contribution in [0.4, 0.5) is 0 Å². The van der Waals surface area contributed by atoms with E-state index in [1.165, 1.54) is 0 Å². The quantitative estimate of drug-likeness (QED) is 0.383. The molecule has 0 bridgehead atoms. The van der Waals surface area contributed by atoms with Gasteiger partial charge in [-0.05, 0) is 12.8 Å². The van der Waals surface area contributed by atoms with Crippen LogP contribution in [0, 0.1) is 0 Å². The standard InChI is InChI=1S/C12H22O3.C2H6O2/c1-3-5-7-9-11(13)15-12(14)10-8-6-4-2;3-1-2-4/h3-10H2,1-2H3;3-4H,1-2H2. The molecular formula is C14H28O5. The molecule has 2 N–H and O–H groups in total. The van der Waals surface area contributed by atoms with E-state index < -0.39 is 0 Å². The number of aliphatic hydroxyl groups is 2. The lowest BCUT2D eigenvalue weighted by Crippen LogP contribution is -2.11. The van der Waals surface area contributed by atoms with Crippen LogP contribution in [0.1, 0.15) is 65.2 Å². The van der Waals surface area contributed by atoms with E-state index in [0.29, 0.717) is 12.8 Å². The molecule has 0 aliphatic rings. The van der Waals surface area contributed by atoms with Crippen LogP contribution in [0.25, 0.3) is 0 Å². The zero-order valence-electron chi connectivity index (χ0n) is 12.2. The summed E-state index contributed by atoms with van der Waals surface area (Å²) in [7, 11) is 0. The molecule has 0 atom stereocenters. The topological polar surface area (TPSA) is 83.8 Å². The van der Waals surface area contributed by atoms with Gasteiger partial charge in [0.25, 0.3) is 0 Å². The molecule has 0 radical (unpaired) electrons. The van der Waals surface area contributed by atoms with Crippen molar-refractivity contribution < 1.29 is 24.5 Å². The summed E-state index contributed by atoms with van der Waals surface area (Å²) in [5, 5.41) is 15.2. The highest BCUT2D eigenvalue weighted by Crippen LogP contribution is 2.04. The average molecular weight is 276 g/mol. The third-order valence-electron chi connectivity index (χ3n) is 2.30. The molecule has 19 heavy (non-hydrogen) atoms. The van der Waals surface area contributed by atoms with Gasteiger partial charge in [-0.2, -0.15) is 0 Å². The fourth-order valence-corrected chi connectivity index (χ4v) is 1.27. The van der Waals surface area contributed by atoms with E-state index in [-0.39, 0.29) is 25.2 Å². The Morgan fingerprint density at radius 2 is 1.16 bits per heavy atom. The molecule has 5 nitrogen and oxygen atoms in total. The van der Waals surface area contributed by atoms with E-state index in [1.54, 1.807) is 0 Å². The van der Waals surface area contributed by atoms with Crippen LogP contribution in [0.5, 0.6) is 0 Å². The van der Waals surface area contributed by atoms with Gasteiger partial charge in [-0.3, -0.25) is 9.59 Å². The number of rotatable bonds is 9. The van der Waals surface area contributed by atoms with Crippen LogP contribution in [0.2, 0.25) is 0 Å². The summed E-state index contributed by atoms with van der Waals surface area (Å²) in [6.45, 7) is 3.89. The van der Waals surface area contributed by atoms with E-state index in [9.17, 15) is 9.59 Å². The number of ether oxygens (including phenoxy) is 1. The normalized spacial score (nSPS) is 9.47. The van der Waals surface area contributed by atoms with E-state index in [1.807, 2.05) is 0 Å². The maximum Gasteiger partial charge on any atom is 0.313 e. The lowest BCUT2D eigenvalue weighted by atomic mass is 10.2. The van der Waals surface area contributed by atoms with Crippen LogP contribution in [-0.2, 0) is 14.3 Å². The molecule has 0 fully saturated rings. The van der Waals surface area contributed by atoms with Crippen molar-refractivity contribution in [3.63, 3.8) is 0 Å². The molecule has 0 saturated carbocycles. The molecule has 0 aliphatic heterocycles. The molecule has 0 unspecified atom stereocenters. The fourth-order valence-electron chi connectivity index (χ4n) is 1.27. The Bertz CT molecular complexity index is 194. The average Bonchev–Trinajstić information content (AvgIpc) is 2.39. The van der Waals surface area contributed by atoms with Gasteiger partial charge in [-0.15, -0.1) is 0 Å². The molecule has 114 valence electrons. The molecule has 5 heteroatoms. The molecule has 0 aliphatic carbocycles. The third-order valence-corrected chi connectivity index (χ3v) is 2.30. The second kappa shape index (κ2) is 17.1. The second-order valence-corrected chi connectivity index (χ2v) is 4.21. The zero-order chi connectivity index (χ0) is 14.9. The number of aliphatic hydroxyl groups excluding tert-OH is 2. The van der Waals surface area contributed by atoms with Gasteiger partial charge in [-0.25, -0.2) is 0 Å². The summed E-state index contributed by atoms with van der Waals surface area (Å²) in [6, 6.07) is 0. The van der Waals surface area contributed by atoms with Gasteiger partial charge < -0.3 is 14.9 Å². The first kappa shape index (κ1) is 20.4. The highest BCUT2D eigenvalue weighted by Gasteiger charge is 2.09. The van der Waals surface area contributed by atoms with E-state index in [2.05, 4.69) is 18.6 Å². The lowest BCUT2D eigenvalue weighted by Gasteiger charge is -2.02. The van der Waals surface area contributed by atoms with Crippen LogP contribution in [-0.4, -0.2) is 35.4 Å². The Balaban J connectivity index is 0. The Morgan fingerprint density at radius 1 is 0.789 bits per heavy atom. The molecule has 0 saturated heterocycles. The third kappa shape index (κ3) is 19.6. The van der Waals surface area contributed by atoms with Crippen LogP contribution in [0.15, 0.2) is 0 Å². The SMILES string of the molecule is CCCCCC(=O)OC(=O)CCCCC.OCCO. The Hall–Kier alpha value is -0.940. The Morgan fingerprint density at radius 3 is 1.42 bits per heavy atom. The van der Waals surface area contributed by atoms with E-state index >= 15 is 0 Å². The molecule has 0 spiro atoms. The van der Waals surface area contributed by atoms with Gasteiger partial charge in [0.2, 0.25) is 0 Å². The van der Waals surface area contributed by atoms with Gasteiger partial charge in [0, 0.05) is 12.8 Å². The molecule has 0 heterocycles. The summed E-state index contributed by atoms with van der Waals surface area (Å²) in [5.74, 6) is -0.741. The first-order valence-electron chi connectivity index (χ1n) is 7.07. The summed E-state index contributed by atoms with van der Waals surface area (Å²) < 4.78 is 4.67. The highest BCUT2D eigenvalue weighted by molar-refractivity contribution is 5.85. The van der Waals surface area contributed by atoms with Crippen molar-refractivity contribution in [2.45, 2.75) is 65.2 Å². The van der Waals surface area contributed by atoms with Gasteiger partial charge in [0.15, 0.2) is 0 Å². The minimum atomic E-state index is -0.370. The molecule has 0 aromatic carbocycles. The number of hydrogen-bond donors (Lipinski definition) is 2. The van der Waals surface area contributed by atoms with Crippen molar-refractivity contribution in [3.05, 3.63) is 0 Å². The van der Waals surface area contributed by atoms with Crippen molar-refractivity contribution in [2.24, 2.45) is 0 Å². The summed E-state index contributed by atoms with van der Waals surface area (Å²) in [4.78, 5) is 22.2. The Labute approximate surface area is 116 Å². The number of carbonyl (C=O) groups excluding carboxylic acids is 2. The molecule has 0 amide bonds. The zero-order valence-corrected chi connectivity index (χ0v) is 12.2. The Kier molecular flexibility index (Phi) is 18.3. The highest BCUT2D eigenvalue weighted by atomic mass is 16.6. The first-order chi connectivity index (χ1) is 9.12. The van der Waals surface area contributed by atoms with Crippen LogP contribution < -0.4 is 0 Å². The number of carbonyl (C=O) groups is 2. The van der Waals surface area contributed by atoms with Crippen molar-refractivity contribution >= 4 is 11.9 Å². The summed E-state index contributed by atoms with van der Waals surface area (Å²) in [5.41, 5.74) is 0. The number of unbranched alkanes of at least 4 members (excludes halogenated alkanes) is 4. The van der Waals surface area contributed by atoms with Gasteiger partial charge in [0.05, 0.1) is 13.2 Å². The van der Waals surface area contributed by atoms with Gasteiger partial charge in [-0.1, -0.05) is 39.5 Å². The van der Waals surface area contributed by atoms with Crippen LogP contribution in [0.3, 0.4) is 0 Å². The van der Waals surface area contributed by atoms with Crippen molar-refractivity contribution in [1.82, 2.24) is 0 Å². The molecular weight excluding hydrogens is 248 g/mol. The lowest BCUT2D eigenvalue weighted by molar-refractivity contribution is -0.159. The maximum atomic E-state index is 11.1. The second-order valence-electron chi connectivity index (χ2n) is 4.21. The van der Waals surface area contributed by atoms with Gasteiger partial charge in [0.1, 0.15) is 0 Å². The van der Waals surface area contributed by atoms with Crippen molar-refractivity contribution in [3.8, 4) is 0 Å². The fraction of sp³-hybridized carbons (Fsp3) is 0.857. The number of hydrogen-bond acceptors (Lipinski definition) is 5. The molecule has 0 aromatic heterocycles. The molecule has 0 rings (SSSR count). The largest absolute Gasteiger partial charge is 0.394 e. The maximum absolute atomic E-state index is 11.1. The summed E-state index contributed by atoms with van der Waals surface area (Å²) in [6.07, 6.45) is 6.53. The van der Waals surface area contributed by atoms with Crippen molar-refractivity contribution in [1.29, 1.82) is 0 Å². The van der Waals surface area contributed by atoms with Crippen molar-refractivity contribution in [2.75, 3.05) is 13.2 Å². The van der Waals surface area contributed by atoms with Crippen LogP contribution >= 0.6 is 0 Å². The van der Waals surface area contributed by atoms with E-state index in [4.69, 9.17) is 10.2 Å². The predicted octanol–water partition coefficient (Wildman–Crippen LogP) is 2.19. The molecule has 0 aromatic rings. The van der Waals surface area contributed by atoms with Gasteiger partial charge >= 0.3 is 11.9 Å². The minimum absolute atomic E-state index is 0.125. The smallest absolute Gasteiger partial charge is 0.313 e. The monoisotopic (exact) mass is 276 g/mol. The minimum Gasteiger partial charge on any atom is -0.394 e. The number of esters is 2. The first-order valence-corrected chi connectivity index (χ1v) is 7.07. The van der Waals surface area contributed by atoms with E-state index in [0.717, 1.165) is 38.5 Å². The summed E-state index contributed by atoms with van der Waals surface area (Å²) >= 11 is 0. The predicted molar refractivity (Wildman–Crippen MR) is 73.6 cm³/mol.